The van der Waals surface area contributed by atoms with Crippen molar-refractivity contribution in [2.75, 3.05) is 5.88 Å². The van der Waals surface area contributed by atoms with Crippen molar-refractivity contribution in [2.24, 2.45) is 4.99 Å². The van der Waals surface area contributed by atoms with Crippen LogP contribution in [-0.4, -0.2) is 12.1 Å². The van der Waals surface area contributed by atoms with E-state index in [1.165, 1.54) is 31.3 Å². The molecule has 0 fully saturated rings. The molecule has 0 aromatic heterocycles. The smallest absolute Gasteiger partial charge is 0.0884 e. The van der Waals surface area contributed by atoms with Gasteiger partial charge in [-0.2, -0.15) is 0 Å². The molecule has 0 saturated heterocycles. The van der Waals surface area contributed by atoms with Gasteiger partial charge < -0.3 is 0 Å². The first-order valence-electron chi connectivity index (χ1n) is 4.24. The Labute approximate surface area is 73.0 Å². The van der Waals surface area contributed by atoms with Crippen LogP contribution in [0.1, 0.15) is 32.6 Å². The molecule has 0 spiro atoms. The summed E-state index contributed by atoms with van der Waals surface area (Å²) in [6.07, 6.45) is 7.19. The molecule has 2 heteroatoms. The Balaban J connectivity index is 2.15. The molecule has 1 rings (SSSR count). The van der Waals surface area contributed by atoms with Crippen LogP contribution in [0.5, 0.6) is 0 Å². The van der Waals surface area contributed by atoms with E-state index in [0.717, 1.165) is 5.88 Å². The van der Waals surface area contributed by atoms with Crippen LogP contribution in [0.2, 0.25) is 0 Å². The van der Waals surface area contributed by atoms with E-state index >= 15 is 0 Å². The van der Waals surface area contributed by atoms with Gasteiger partial charge in [0.25, 0.3) is 0 Å². The monoisotopic (exact) mass is 169 g/mol. The van der Waals surface area contributed by atoms with E-state index < -0.39 is 0 Å². The lowest BCUT2D eigenvalue weighted by Gasteiger charge is -2.04. The third-order valence-electron chi connectivity index (χ3n) is 1.71. The van der Waals surface area contributed by atoms with Gasteiger partial charge in [0.05, 0.1) is 5.88 Å². The second-order valence-electron chi connectivity index (χ2n) is 2.76. The molecule has 1 nitrogen and oxygen atoms in total. The Morgan fingerprint density at radius 1 is 1.55 bits per heavy atom. The van der Waals surface area contributed by atoms with Gasteiger partial charge in [0.2, 0.25) is 0 Å². The van der Waals surface area contributed by atoms with Crippen LogP contribution in [-0.2, 0) is 0 Å². The quantitative estimate of drug-likeness (QED) is 0.589. The highest BCUT2D eigenvalue weighted by Crippen LogP contribution is 2.16. The standard InChI is InChI=1S/C9H15NS/c1-2-3-4-5-9-6-10-8-11-7-9/h6-7H,2-5,8H2,1H3. The van der Waals surface area contributed by atoms with Crippen molar-refractivity contribution in [3.05, 3.63) is 11.0 Å². The van der Waals surface area contributed by atoms with E-state index in [2.05, 4.69) is 17.3 Å². The number of thioether (sulfide) groups is 1. The minimum atomic E-state index is 0.914. The number of nitrogens with zero attached hydrogens (tertiary/aromatic N) is 1. The summed E-state index contributed by atoms with van der Waals surface area (Å²) in [6, 6.07) is 0. The average Bonchev–Trinajstić information content (AvgIpc) is 2.07. The topological polar surface area (TPSA) is 12.4 Å². The molecule has 0 saturated carbocycles. The lowest BCUT2D eigenvalue weighted by Crippen LogP contribution is -1.90. The van der Waals surface area contributed by atoms with Crippen LogP contribution in [0.3, 0.4) is 0 Å². The Hall–Kier alpha value is -0.240. The summed E-state index contributed by atoms with van der Waals surface area (Å²) in [6.45, 7) is 2.23. The maximum absolute atomic E-state index is 4.21. The third-order valence-corrected chi connectivity index (χ3v) is 2.48. The van der Waals surface area contributed by atoms with Crippen molar-refractivity contribution in [3.63, 3.8) is 0 Å². The van der Waals surface area contributed by atoms with Crippen LogP contribution < -0.4 is 0 Å². The second kappa shape index (κ2) is 5.42. The zero-order valence-electron chi connectivity index (χ0n) is 7.05. The third kappa shape index (κ3) is 3.61. The molecule has 0 N–H and O–H groups in total. The maximum atomic E-state index is 4.21. The van der Waals surface area contributed by atoms with Gasteiger partial charge in [0.1, 0.15) is 0 Å². The molecule has 62 valence electrons. The van der Waals surface area contributed by atoms with Crippen molar-refractivity contribution in [3.8, 4) is 0 Å². The number of aliphatic imine (C=N–C) groups is 1. The van der Waals surface area contributed by atoms with Gasteiger partial charge in [-0.15, -0.1) is 11.8 Å². The zero-order valence-corrected chi connectivity index (χ0v) is 7.86. The van der Waals surface area contributed by atoms with Gasteiger partial charge in [-0.1, -0.05) is 19.8 Å². The lowest BCUT2D eigenvalue weighted by molar-refractivity contribution is 0.723. The largest absolute Gasteiger partial charge is 0.282 e. The van der Waals surface area contributed by atoms with Gasteiger partial charge in [0, 0.05) is 6.21 Å². The summed E-state index contributed by atoms with van der Waals surface area (Å²) in [7, 11) is 0. The summed E-state index contributed by atoms with van der Waals surface area (Å²) >= 11 is 1.80. The molecule has 1 aliphatic heterocycles. The Bertz CT molecular complexity index is 161. The van der Waals surface area contributed by atoms with Gasteiger partial charge in [-0.3, -0.25) is 4.99 Å². The summed E-state index contributed by atoms with van der Waals surface area (Å²) in [4.78, 5) is 4.21. The molecule has 0 unspecified atom stereocenters. The summed E-state index contributed by atoms with van der Waals surface area (Å²) in [5.41, 5.74) is 1.41. The molecule has 0 radical (unpaired) electrons. The number of hydrogen-bond donors (Lipinski definition) is 0. The highest BCUT2D eigenvalue weighted by molar-refractivity contribution is 8.02. The SMILES string of the molecule is CCCCCC1=CSCN=C1. The lowest BCUT2D eigenvalue weighted by atomic mass is 10.1. The van der Waals surface area contributed by atoms with Crippen molar-refractivity contribution in [1.82, 2.24) is 0 Å². The van der Waals surface area contributed by atoms with Crippen molar-refractivity contribution < 1.29 is 0 Å². The first-order chi connectivity index (χ1) is 5.43. The maximum Gasteiger partial charge on any atom is 0.0884 e. The molecule has 0 amide bonds. The number of unbranched alkanes of at least 4 members (excludes halogenated alkanes) is 2. The normalized spacial score (nSPS) is 16.6. The fourth-order valence-electron chi connectivity index (χ4n) is 1.07. The minimum absolute atomic E-state index is 0.914. The number of rotatable bonds is 4. The van der Waals surface area contributed by atoms with Crippen LogP contribution in [0.25, 0.3) is 0 Å². The molecular formula is C9H15NS. The van der Waals surface area contributed by atoms with Crippen LogP contribution in [0.4, 0.5) is 0 Å². The number of hydrogen-bond acceptors (Lipinski definition) is 2. The van der Waals surface area contributed by atoms with E-state index in [0.29, 0.717) is 0 Å². The minimum Gasteiger partial charge on any atom is -0.282 e. The first-order valence-corrected chi connectivity index (χ1v) is 5.29. The molecule has 0 aliphatic carbocycles. The predicted octanol–water partition coefficient (Wildman–Crippen LogP) is 3.23. The van der Waals surface area contributed by atoms with Crippen molar-refractivity contribution >= 4 is 18.0 Å². The van der Waals surface area contributed by atoms with Gasteiger partial charge in [-0.25, -0.2) is 0 Å². The zero-order chi connectivity index (χ0) is 7.94. The molecule has 0 aromatic carbocycles. The van der Waals surface area contributed by atoms with Crippen molar-refractivity contribution in [2.45, 2.75) is 32.6 Å². The van der Waals surface area contributed by atoms with Gasteiger partial charge in [-0.05, 0) is 23.8 Å². The van der Waals surface area contributed by atoms with Crippen molar-refractivity contribution in [1.29, 1.82) is 0 Å². The Morgan fingerprint density at radius 3 is 3.09 bits per heavy atom. The number of allylic oxidation sites excluding steroid dienone is 1. The Morgan fingerprint density at radius 2 is 2.45 bits per heavy atom. The average molecular weight is 169 g/mol. The molecule has 0 atom stereocenters. The molecule has 1 heterocycles. The van der Waals surface area contributed by atoms with Crippen LogP contribution in [0, 0.1) is 0 Å². The highest BCUT2D eigenvalue weighted by Gasteiger charge is 1.97. The van der Waals surface area contributed by atoms with Gasteiger partial charge >= 0.3 is 0 Å². The second-order valence-corrected chi connectivity index (χ2v) is 3.58. The Kier molecular flexibility index (Phi) is 4.36. The molecule has 11 heavy (non-hydrogen) atoms. The van der Waals surface area contributed by atoms with Crippen LogP contribution >= 0.6 is 11.8 Å². The molecule has 0 aromatic rings. The molecular weight excluding hydrogens is 154 g/mol. The van der Waals surface area contributed by atoms with E-state index in [1.54, 1.807) is 11.8 Å². The fraction of sp³-hybridized carbons (Fsp3) is 0.667. The first kappa shape index (κ1) is 8.85. The summed E-state index contributed by atoms with van der Waals surface area (Å²) < 4.78 is 0. The summed E-state index contributed by atoms with van der Waals surface area (Å²) in [5.74, 6) is 0.914. The van der Waals surface area contributed by atoms with Crippen LogP contribution in [0.15, 0.2) is 16.0 Å². The summed E-state index contributed by atoms with van der Waals surface area (Å²) in [5, 5.41) is 2.24. The highest BCUT2D eigenvalue weighted by atomic mass is 32.2. The fourth-order valence-corrected chi connectivity index (χ4v) is 1.70. The molecule has 0 bridgehead atoms. The van der Waals surface area contributed by atoms with E-state index in [9.17, 15) is 0 Å². The van der Waals surface area contributed by atoms with E-state index in [1.807, 2.05) is 6.21 Å². The van der Waals surface area contributed by atoms with Gasteiger partial charge in [0.15, 0.2) is 0 Å². The molecule has 1 aliphatic rings. The van der Waals surface area contributed by atoms with E-state index in [4.69, 9.17) is 0 Å². The van der Waals surface area contributed by atoms with E-state index in [-0.39, 0.29) is 0 Å². The predicted molar refractivity (Wildman–Crippen MR) is 53.2 cm³/mol.